The number of amides is 1. The van der Waals surface area contributed by atoms with E-state index < -0.39 is 6.04 Å². The lowest BCUT2D eigenvalue weighted by Gasteiger charge is -2.32. The molecule has 0 aliphatic carbocycles. The first-order valence-corrected chi connectivity index (χ1v) is 13.4. The molecule has 0 saturated carbocycles. The maximum Gasteiger partial charge on any atom is 0.279 e. The standard InChI is InChI=1S/C28H36ClN7O2/c1-16(2)35-26-24(32-27(35)18-10-12-33(3)13-11-18)28(37)36(25(26)17-6-8-19(29)9-7-17)20-14-21(34(4)31)23(30)22(15-20)38-5/h6-9,14-16,18,25H,10-13,30-31H2,1-5H3. The largest absolute Gasteiger partial charge is 0.494 e. The highest BCUT2D eigenvalue weighted by atomic mass is 35.5. The molecule has 1 saturated heterocycles. The number of anilines is 3. The van der Waals surface area contributed by atoms with Crippen LogP contribution in [0.15, 0.2) is 36.4 Å². The molecule has 3 aromatic rings. The Morgan fingerprint density at radius 3 is 2.39 bits per heavy atom. The lowest BCUT2D eigenvalue weighted by molar-refractivity contribution is 0.0989. The van der Waals surface area contributed by atoms with E-state index in [0.29, 0.717) is 39.4 Å². The van der Waals surface area contributed by atoms with Crippen LogP contribution >= 0.6 is 11.6 Å². The molecule has 2 aliphatic heterocycles. The van der Waals surface area contributed by atoms with E-state index in [0.717, 1.165) is 43.0 Å². The molecule has 1 aromatic heterocycles. The highest BCUT2D eigenvalue weighted by molar-refractivity contribution is 6.30. The Morgan fingerprint density at radius 2 is 1.82 bits per heavy atom. The molecule has 3 heterocycles. The zero-order valence-electron chi connectivity index (χ0n) is 22.6. The number of benzene rings is 2. The van der Waals surface area contributed by atoms with Crippen LogP contribution in [-0.2, 0) is 0 Å². The summed E-state index contributed by atoms with van der Waals surface area (Å²) in [6.07, 6.45) is 2.04. The fraction of sp³-hybridized carbons (Fsp3) is 0.429. The number of ether oxygens (including phenoxy) is 1. The predicted octanol–water partition coefficient (Wildman–Crippen LogP) is 4.58. The van der Waals surface area contributed by atoms with Gasteiger partial charge in [0.1, 0.15) is 17.6 Å². The predicted molar refractivity (Wildman–Crippen MR) is 152 cm³/mol. The first-order chi connectivity index (χ1) is 18.1. The van der Waals surface area contributed by atoms with Gasteiger partial charge in [0.2, 0.25) is 0 Å². The Labute approximate surface area is 228 Å². The summed E-state index contributed by atoms with van der Waals surface area (Å²) in [6.45, 7) is 6.34. The molecule has 2 aliphatic rings. The first-order valence-electron chi connectivity index (χ1n) is 13.0. The van der Waals surface area contributed by atoms with Crippen LogP contribution in [0.3, 0.4) is 0 Å². The van der Waals surface area contributed by atoms with Gasteiger partial charge in [-0.2, -0.15) is 0 Å². The molecule has 202 valence electrons. The van der Waals surface area contributed by atoms with Crippen molar-refractivity contribution in [1.29, 1.82) is 0 Å². The molecule has 1 amide bonds. The Bertz CT molecular complexity index is 1340. The minimum Gasteiger partial charge on any atom is -0.494 e. The zero-order chi connectivity index (χ0) is 27.3. The second kappa shape index (κ2) is 10.1. The Hall–Kier alpha value is -3.27. The zero-order valence-corrected chi connectivity index (χ0v) is 23.4. The minimum atomic E-state index is -0.408. The molecule has 0 radical (unpaired) electrons. The summed E-state index contributed by atoms with van der Waals surface area (Å²) in [5, 5.41) is 2.06. The van der Waals surface area contributed by atoms with Gasteiger partial charge in [0.05, 0.1) is 29.9 Å². The normalized spacial score (nSPS) is 18.4. The van der Waals surface area contributed by atoms with Gasteiger partial charge in [-0.15, -0.1) is 0 Å². The van der Waals surface area contributed by atoms with Crippen LogP contribution < -0.4 is 26.2 Å². The molecule has 0 spiro atoms. The third-order valence-corrected chi connectivity index (χ3v) is 7.93. The van der Waals surface area contributed by atoms with Gasteiger partial charge in [-0.25, -0.2) is 10.8 Å². The highest BCUT2D eigenvalue weighted by Crippen LogP contribution is 2.47. The Balaban J connectivity index is 1.72. The van der Waals surface area contributed by atoms with Crippen molar-refractivity contribution in [3.63, 3.8) is 0 Å². The molecular formula is C28H36ClN7O2. The van der Waals surface area contributed by atoms with Crippen LogP contribution in [0.2, 0.25) is 5.02 Å². The number of hydrogen-bond donors (Lipinski definition) is 2. The third-order valence-electron chi connectivity index (χ3n) is 7.68. The molecule has 10 heteroatoms. The number of hydrazine groups is 1. The van der Waals surface area contributed by atoms with E-state index >= 15 is 0 Å². The second-order valence-corrected chi connectivity index (χ2v) is 11.0. The molecule has 5 rings (SSSR count). The van der Waals surface area contributed by atoms with Gasteiger partial charge >= 0.3 is 0 Å². The lowest BCUT2D eigenvalue weighted by atomic mass is 9.95. The molecule has 0 bridgehead atoms. The number of methoxy groups -OCH3 is 1. The summed E-state index contributed by atoms with van der Waals surface area (Å²) < 4.78 is 7.85. The molecular weight excluding hydrogens is 502 g/mol. The molecule has 4 N–H and O–H groups in total. The van der Waals surface area contributed by atoms with E-state index in [4.69, 9.17) is 32.9 Å². The van der Waals surface area contributed by atoms with E-state index in [1.807, 2.05) is 30.3 Å². The van der Waals surface area contributed by atoms with Gasteiger partial charge in [-0.1, -0.05) is 23.7 Å². The lowest BCUT2D eigenvalue weighted by Crippen LogP contribution is -2.33. The molecule has 1 unspecified atom stereocenters. The van der Waals surface area contributed by atoms with E-state index in [1.54, 1.807) is 25.1 Å². The van der Waals surface area contributed by atoms with Crippen molar-refractivity contribution in [3.8, 4) is 5.75 Å². The maximum absolute atomic E-state index is 14.2. The van der Waals surface area contributed by atoms with Gasteiger partial charge in [0.25, 0.3) is 5.91 Å². The monoisotopic (exact) mass is 537 g/mol. The molecule has 9 nitrogen and oxygen atoms in total. The molecule has 2 aromatic carbocycles. The summed E-state index contributed by atoms with van der Waals surface area (Å²) in [7, 11) is 5.40. The number of imidazole rings is 1. The number of rotatable bonds is 6. The summed E-state index contributed by atoms with van der Waals surface area (Å²) in [5.74, 6) is 7.69. The molecule has 38 heavy (non-hydrogen) atoms. The van der Waals surface area contributed by atoms with Crippen LogP contribution in [0.4, 0.5) is 17.1 Å². The van der Waals surface area contributed by atoms with E-state index in [-0.39, 0.29) is 11.9 Å². The third kappa shape index (κ3) is 4.38. The number of likely N-dealkylation sites (tertiary alicyclic amines) is 1. The average molecular weight is 538 g/mol. The highest BCUT2D eigenvalue weighted by Gasteiger charge is 2.45. The van der Waals surface area contributed by atoms with Gasteiger partial charge in [0.15, 0.2) is 5.69 Å². The van der Waals surface area contributed by atoms with E-state index in [9.17, 15) is 4.79 Å². The topological polar surface area (TPSA) is 106 Å². The van der Waals surface area contributed by atoms with E-state index in [1.165, 1.54) is 5.01 Å². The summed E-state index contributed by atoms with van der Waals surface area (Å²) >= 11 is 6.26. The number of piperidine rings is 1. The van der Waals surface area contributed by atoms with Gasteiger partial charge in [-0.05, 0) is 70.6 Å². The Kier molecular flexibility index (Phi) is 7.02. The van der Waals surface area contributed by atoms with Crippen LogP contribution in [0, 0.1) is 0 Å². The number of carbonyl (C=O) groups excluding carboxylic acids is 1. The van der Waals surface area contributed by atoms with Crippen molar-refractivity contribution in [3.05, 3.63) is 64.2 Å². The average Bonchev–Trinajstić information content (AvgIpc) is 3.40. The Morgan fingerprint density at radius 1 is 1.16 bits per heavy atom. The van der Waals surface area contributed by atoms with Crippen molar-refractivity contribution >= 4 is 34.6 Å². The summed E-state index contributed by atoms with van der Waals surface area (Å²) in [6, 6.07) is 11.0. The van der Waals surface area contributed by atoms with Crippen LogP contribution in [0.1, 0.15) is 72.3 Å². The van der Waals surface area contributed by atoms with Crippen molar-refractivity contribution in [2.24, 2.45) is 5.84 Å². The maximum atomic E-state index is 14.2. The van der Waals surface area contributed by atoms with E-state index in [2.05, 4.69) is 30.4 Å². The first kappa shape index (κ1) is 26.3. The second-order valence-electron chi connectivity index (χ2n) is 10.6. The van der Waals surface area contributed by atoms with Crippen LogP contribution in [-0.4, -0.2) is 54.7 Å². The van der Waals surface area contributed by atoms with Crippen molar-refractivity contribution < 1.29 is 9.53 Å². The quantitative estimate of drug-likeness (QED) is 0.269. The number of halogens is 1. The number of nitrogens with two attached hydrogens (primary N) is 2. The number of nitrogen functional groups attached to an aromatic ring is 1. The van der Waals surface area contributed by atoms with Crippen molar-refractivity contribution in [1.82, 2.24) is 14.5 Å². The molecule has 1 atom stereocenters. The summed E-state index contributed by atoms with van der Waals surface area (Å²) in [5.41, 5.74) is 10.2. The van der Waals surface area contributed by atoms with Gasteiger partial charge in [0, 0.05) is 30.1 Å². The number of fused-ring (bicyclic) bond motifs is 1. The molecule has 1 fully saturated rings. The van der Waals surface area contributed by atoms with Crippen LogP contribution in [0.25, 0.3) is 0 Å². The summed E-state index contributed by atoms with van der Waals surface area (Å²) in [4.78, 5) is 23.4. The number of carbonyl (C=O) groups is 1. The minimum absolute atomic E-state index is 0.121. The van der Waals surface area contributed by atoms with Crippen molar-refractivity contribution in [2.75, 3.05) is 49.9 Å². The van der Waals surface area contributed by atoms with Crippen LogP contribution in [0.5, 0.6) is 5.75 Å². The number of nitrogens with zero attached hydrogens (tertiary/aromatic N) is 5. The van der Waals surface area contributed by atoms with Gasteiger partial charge < -0.3 is 24.9 Å². The van der Waals surface area contributed by atoms with Gasteiger partial charge in [-0.3, -0.25) is 9.69 Å². The smallest absolute Gasteiger partial charge is 0.279 e. The fourth-order valence-corrected chi connectivity index (χ4v) is 5.87. The SMILES string of the molecule is COc1cc(N2C(=O)c3nc(C4CCN(C)CC4)n(C(C)C)c3C2c2ccc(Cl)cc2)cc(N(C)N)c1N. The number of hydrogen-bond acceptors (Lipinski definition) is 7. The number of aromatic nitrogens is 2. The van der Waals surface area contributed by atoms with Crippen molar-refractivity contribution in [2.45, 2.75) is 44.7 Å². The fourth-order valence-electron chi connectivity index (χ4n) is 5.75.